The molecule has 1 aliphatic heterocycles. The van der Waals surface area contributed by atoms with Gasteiger partial charge in [-0.15, -0.1) is 0 Å². The van der Waals surface area contributed by atoms with Gasteiger partial charge in [0.05, 0.1) is 11.0 Å². The SMILES string of the molecule is c1ccc(-n2c3ccc(-c4ccc(-c5ccc6c7c(cccc57)-c5ccccc5O6)cc4)cc3c3c4ccccc4ccc32)cc1. The standard InChI is InChI=1S/C44H27NO/c1-2-10-32(11-3-1)45-39-24-22-31(27-38(39)43-34-12-5-4-9-29(34)21-25-40(43)45)28-17-19-30(20-18-28)33-23-26-42-44-36(33)14-8-15-37(44)35-13-6-7-16-41(35)46-42/h1-27H. The second kappa shape index (κ2) is 9.69. The van der Waals surface area contributed by atoms with E-state index in [0.717, 1.165) is 17.1 Å². The highest BCUT2D eigenvalue weighted by Gasteiger charge is 2.21. The lowest BCUT2D eigenvalue weighted by molar-refractivity contribution is 0.487. The van der Waals surface area contributed by atoms with Crippen LogP contribution in [0.15, 0.2) is 164 Å². The first-order valence-electron chi connectivity index (χ1n) is 15.8. The molecule has 0 atom stereocenters. The maximum atomic E-state index is 6.34. The lowest BCUT2D eigenvalue weighted by Crippen LogP contribution is -1.97. The first-order valence-corrected chi connectivity index (χ1v) is 15.8. The van der Waals surface area contributed by atoms with E-state index in [1.54, 1.807) is 0 Å². The minimum atomic E-state index is 0.913. The van der Waals surface area contributed by atoms with Gasteiger partial charge < -0.3 is 9.30 Å². The average molecular weight is 586 g/mol. The van der Waals surface area contributed by atoms with Crippen LogP contribution in [-0.4, -0.2) is 4.57 Å². The second-order valence-corrected chi connectivity index (χ2v) is 12.1. The Bertz CT molecular complexity index is 2650. The van der Waals surface area contributed by atoms with Crippen LogP contribution in [0.5, 0.6) is 11.5 Å². The van der Waals surface area contributed by atoms with Crippen molar-refractivity contribution in [3.63, 3.8) is 0 Å². The van der Waals surface area contributed by atoms with Crippen LogP contribution in [0.2, 0.25) is 0 Å². The molecule has 0 saturated carbocycles. The highest BCUT2D eigenvalue weighted by Crippen LogP contribution is 2.48. The van der Waals surface area contributed by atoms with Gasteiger partial charge in [0.1, 0.15) is 11.5 Å². The molecule has 8 aromatic carbocycles. The van der Waals surface area contributed by atoms with Crippen molar-refractivity contribution >= 4 is 43.4 Å². The Hall–Kier alpha value is -6.12. The van der Waals surface area contributed by atoms with Gasteiger partial charge in [0.25, 0.3) is 0 Å². The van der Waals surface area contributed by atoms with Gasteiger partial charge >= 0.3 is 0 Å². The van der Waals surface area contributed by atoms with Crippen LogP contribution >= 0.6 is 0 Å². The molecule has 0 unspecified atom stereocenters. The fraction of sp³-hybridized carbons (Fsp3) is 0. The topological polar surface area (TPSA) is 14.2 Å². The number of benzene rings is 8. The maximum absolute atomic E-state index is 6.34. The predicted molar refractivity (Wildman–Crippen MR) is 192 cm³/mol. The summed E-state index contributed by atoms with van der Waals surface area (Å²) in [5, 5.41) is 7.48. The van der Waals surface area contributed by atoms with Crippen molar-refractivity contribution in [1.82, 2.24) is 4.57 Å². The van der Waals surface area contributed by atoms with Crippen LogP contribution in [0.3, 0.4) is 0 Å². The Morgan fingerprint density at radius 3 is 2.00 bits per heavy atom. The normalized spacial score (nSPS) is 12.1. The van der Waals surface area contributed by atoms with Crippen LogP contribution in [-0.2, 0) is 0 Å². The van der Waals surface area contributed by atoms with E-state index >= 15 is 0 Å². The monoisotopic (exact) mass is 585 g/mol. The number of hydrogen-bond acceptors (Lipinski definition) is 1. The van der Waals surface area contributed by atoms with Gasteiger partial charge in [0.2, 0.25) is 0 Å². The van der Waals surface area contributed by atoms with Gasteiger partial charge in [-0.05, 0) is 86.4 Å². The Morgan fingerprint density at radius 2 is 1.09 bits per heavy atom. The van der Waals surface area contributed by atoms with Crippen molar-refractivity contribution in [3.8, 4) is 50.6 Å². The number of ether oxygens (including phenoxy) is 1. The van der Waals surface area contributed by atoms with Gasteiger partial charge in [-0.3, -0.25) is 0 Å². The fourth-order valence-electron chi connectivity index (χ4n) is 7.50. The molecule has 2 heterocycles. The van der Waals surface area contributed by atoms with Crippen molar-refractivity contribution in [2.45, 2.75) is 0 Å². The first-order chi connectivity index (χ1) is 22.8. The van der Waals surface area contributed by atoms with E-state index in [2.05, 4.69) is 156 Å². The minimum absolute atomic E-state index is 0.913. The van der Waals surface area contributed by atoms with Gasteiger partial charge in [-0.1, -0.05) is 121 Å². The highest BCUT2D eigenvalue weighted by atomic mass is 16.5. The number of hydrogen-bond donors (Lipinski definition) is 0. The van der Waals surface area contributed by atoms with Crippen LogP contribution in [0, 0.1) is 0 Å². The summed E-state index contributed by atoms with van der Waals surface area (Å²) in [5.41, 5.74) is 10.8. The smallest absolute Gasteiger partial charge is 0.135 e. The Kier molecular flexibility index (Phi) is 5.31. The van der Waals surface area contributed by atoms with E-state index in [1.165, 1.54) is 76.9 Å². The number of rotatable bonds is 3. The molecule has 0 radical (unpaired) electrons. The van der Waals surface area contributed by atoms with Gasteiger partial charge in [0.15, 0.2) is 0 Å². The summed E-state index contributed by atoms with van der Waals surface area (Å²) < 4.78 is 8.73. The second-order valence-electron chi connectivity index (χ2n) is 12.1. The molecule has 9 aromatic rings. The summed E-state index contributed by atoms with van der Waals surface area (Å²) in [6.07, 6.45) is 0. The highest BCUT2D eigenvalue weighted by molar-refractivity contribution is 6.22. The van der Waals surface area contributed by atoms with Crippen molar-refractivity contribution in [2.75, 3.05) is 0 Å². The van der Waals surface area contributed by atoms with E-state index in [-0.39, 0.29) is 0 Å². The van der Waals surface area contributed by atoms with Crippen LogP contribution in [0.4, 0.5) is 0 Å². The molecule has 0 amide bonds. The van der Waals surface area contributed by atoms with Gasteiger partial charge in [-0.25, -0.2) is 0 Å². The summed E-state index contributed by atoms with van der Waals surface area (Å²) in [6, 6.07) is 59.0. The van der Waals surface area contributed by atoms with E-state index in [1.807, 2.05) is 12.1 Å². The molecule has 0 saturated heterocycles. The van der Waals surface area contributed by atoms with Crippen molar-refractivity contribution < 1.29 is 4.74 Å². The number of aromatic nitrogens is 1. The molecule has 1 aliphatic rings. The zero-order valence-corrected chi connectivity index (χ0v) is 24.9. The van der Waals surface area contributed by atoms with Crippen LogP contribution < -0.4 is 4.74 Å². The van der Waals surface area contributed by atoms with Gasteiger partial charge in [-0.2, -0.15) is 0 Å². The van der Waals surface area contributed by atoms with Crippen LogP contribution in [0.1, 0.15) is 0 Å². The van der Waals surface area contributed by atoms with E-state index in [4.69, 9.17) is 4.74 Å². The lowest BCUT2D eigenvalue weighted by atomic mass is 9.90. The fourth-order valence-corrected chi connectivity index (χ4v) is 7.50. The van der Waals surface area contributed by atoms with E-state index in [9.17, 15) is 0 Å². The Balaban J connectivity index is 1.12. The number of fused-ring (bicyclic) bond motifs is 7. The average Bonchev–Trinajstić information content (AvgIpc) is 3.46. The molecule has 0 aliphatic carbocycles. The number of nitrogens with zero attached hydrogens (tertiary/aromatic N) is 1. The zero-order chi connectivity index (χ0) is 30.2. The molecule has 10 rings (SSSR count). The third kappa shape index (κ3) is 3.65. The summed E-state index contributed by atoms with van der Waals surface area (Å²) in [4.78, 5) is 0. The molecule has 214 valence electrons. The van der Waals surface area contributed by atoms with E-state index in [0.29, 0.717) is 0 Å². The quantitative estimate of drug-likeness (QED) is 0.201. The molecule has 0 bridgehead atoms. The number of para-hydroxylation sites is 2. The summed E-state index contributed by atoms with van der Waals surface area (Å²) in [7, 11) is 0. The lowest BCUT2D eigenvalue weighted by Gasteiger charge is -2.22. The molecular formula is C44H27NO. The summed E-state index contributed by atoms with van der Waals surface area (Å²) in [5.74, 6) is 1.83. The third-order valence-electron chi connectivity index (χ3n) is 9.60. The first kappa shape index (κ1) is 25.2. The Morgan fingerprint density at radius 1 is 0.370 bits per heavy atom. The third-order valence-corrected chi connectivity index (χ3v) is 9.60. The van der Waals surface area contributed by atoms with Crippen molar-refractivity contribution in [1.29, 1.82) is 0 Å². The van der Waals surface area contributed by atoms with Gasteiger partial charge in [0, 0.05) is 27.4 Å². The van der Waals surface area contributed by atoms with Crippen LogP contribution in [0.25, 0.3) is 82.4 Å². The molecular weight excluding hydrogens is 558 g/mol. The molecule has 1 aromatic heterocycles. The molecule has 2 heteroatoms. The minimum Gasteiger partial charge on any atom is -0.456 e. The maximum Gasteiger partial charge on any atom is 0.135 e. The molecule has 0 fully saturated rings. The molecule has 46 heavy (non-hydrogen) atoms. The predicted octanol–water partition coefficient (Wildman–Crippen LogP) is 12.2. The Labute approximate surface area is 266 Å². The van der Waals surface area contributed by atoms with Crippen molar-refractivity contribution in [3.05, 3.63) is 164 Å². The van der Waals surface area contributed by atoms with Crippen molar-refractivity contribution in [2.24, 2.45) is 0 Å². The molecule has 2 nitrogen and oxygen atoms in total. The molecule has 0 spiro atoms. The summed E-state index contributed by atoms with van der Waals surface area (Å²) >= 11 is 0. The van der Waals surface area contributed by atoms with E-state index < -0.39 is 0 Å². The summed E-state index contributed by atoms with van der Waals surface area (Å²) in [6.45, 7) is 0. The largest absolute Gasteiger partial charge is 0.456 e. The molecule has 0 N–H and O–H groups in total. The zero-order valence-electron chi connectivity index (χ0n) is 24.9.